The van der Waals surface area contributed by atoms with Gasteiger partial charge in [-0.3, -0.25) is 9.20 Å². The van der Waals surface area contributed by atoms with Crippen molar-refractivity contribution >= 4 is 22.8 Å². The summed E-state index contributed by atoms with van der Waals surface area (Å²) in [7, 11) is 0. The van der Waals surface area contributed by atoms with Crippen molar-refractivity contribution in [3.05, 3.63) is 58.7 Å². The van der Waals surface area contributed by atoms with Crippen LogP contribution in [0.2, 0.25) is 0 Å². The van der Waals surface area contributed by atoms with Crippen molar-refractivity contribution in [3.8, 4) is 11.5 Å². The Bertz CT molecular complexity index is 1200. The number of thiazole rings is 1. The highest BCUT2D eigenvalue weighted by molar-refractivity contribution is 7.09. The highest BCUT2D eigenvalue weighted by Crippen LogP contribution is 2.22. The van der Waals surface area contributed by atoms with Crippen molar-refractivity contribution in [3.63, 3.8) is 0 Å². The second-order valence-corrected chi connectivity index (χ2v) is 8.90. The molecule has 9 heteroatoms. The number of likely N-dealkylation sites (tertiary alicyclic amines) is 1. The zero-order valence-corrected chi connectivity index (χ0v) is 18.3. The number of fused-ring (bicyclic) bond motifs is 1. The van der Waals surface area contributed by atoms with Crippen LogP contribution in [0.1, 0.15) is 34.0 Å². The Hall–Kier alpha value is -3.04. The van der Waals surface area contributed by atoms with Gasteiger partial charge in [-0.15, -0.1) is 11.3 Å². The van der Waals surface area contributed by atoms with Gasteiger partial charge in [0.15, 0.2) is 11.5 Å². The highest BCUT2D eigenvalue weighted by Gasteiger charge is 2.20. The van der Waals surface area contributed by atoms with Crippen LogP contribution in [0.4, 0.5) is 0 Å². The van der Waals surface area contributed by atoms with Crippen molar-refractivity contribution in [2.45, 2.75) is 26.3 Å². The Kier molecular flexibility index (Phi) is 5.52. The van der Waals surface area contributed by atoms with Gasteiger partial charge in [0.1, 0.15) is 5.69 Å². The molecule has 160 valence electrons. The summed E-state index contributed by atoms with van der Waals surface area (Å²) in [5.74, 6) is 0.514. The first kappa shape index (κ1) is 19.9. The predicted molar refractivity (Wildman–Crippen MR) is 120 cm³/mol. The Morgan fingerprint density at radius 1 is 1.23 bits per heavy atom. The van der Waals surface area contributed by atoms with Crippen LogP contribution >= 0.6 is 11.3 Å². The quantitative estimate of drug-likeness (QED) is 0.483. The molecule has 8 nitrogen and oxygen atoms in total. The maximum absolute atomic E-state index is 12.9. The van der Waals surface area contributed by atoms with Crippen LogP contribution in [0.3, 0.4) is 0 Å². The molecule has 0 atom stereocenters. The molecule has 1 aliphatic rings. The lowest BCUT2D eigenvalue weighted by Gasteiger charge is -2.14. The van der Waals surface area contributed by atoms with E-state index in [2.05, 4.69) is 30.5 Å². The molecular formula is C22H25N7OS. The maximum atomic E-state index is 12.9. The number of aryl methyl sites for hydroxylation is 1. The Morgan fingerprint density at radius 3 is 2.90 bits per heavy atom. The standard InChI is InChI=1S/C22H25N7OS/c1-16-25-17(14-31-16)12-28-13-18(24-15-28)21-26-20(19-6-2-3-10-29(19)21)22(30)23-7-11-27-8-4-5-9-27/h2-3,6,10,13-15H,4-5,7-9,11-12H2,1H3,(H,23,30). The van der Waals surface area contributed by atoms with Crippen LogP contribution in [0.25, 0.3) is 17.0 Å². The number of hydrogen-bond donors (Lipinski definition) is 1. The number of imidazole rings is 2. The number of amides is 1. The summed E-state index contributed by atoms with van der Waals surface area (Å²) in [5, 5.41) is 6.14. The molecule has 0 bridgehead atoms. The van der Waals surface area contributed by atoms with E-state index in [0.29, 0.717) is 24.6 Å². The zero-order chi connectivity index (χ0) is 21.2. The minimum atomic E-state index is -0.147. The lowest BCUT2D eigenvalue weighted by Crippen LogP contribution is -2.33. The Balaban J connectivity index is 1.36. The van der Waals surface area contributed by atoms with Gasteiger partial charge in [-0.05, 0) is 45.0 Å². The first-order valence-corrected chi connectivity index (χ1v) is 11.5. The van der Waals surface area contributed by atoms with Crippen molar-refractivity contribution in [1.29, 1.82) is 0 Å². The third kappa shape index (κ3) is 4.24. The van der Waals surface area contributed by atoms with E-state index in [-0.39, 0.29) is 5.91 Å². The molecule has 0 aliphatic carbocycles. The van der Waals surface area contributed by atoms with Crippen molar-refractivity contribution < 1.29 is 4.79 Å². The lowest BCUT2D eigenvalue weighted by atomic mass is 10.3. The number of aromatic nitrogens is 5. The molecule has 1 N–H and O–H groups in total. The lowest BCUT2D eigenvalue weighted by molar-refractivity contribution is 0.0947. The molecule has 31 heavy (non-hydrogen) atoms. The molecule has 5 rings (SSSR count). The second-order valence-electron chi connectivity index (χ2n) is 7.83. The first-order chi connectivity index (χ1) is 15.2. The minimum Gasteiger partial charge on any atom is -0.349 e. The minimum absolute atomic E-state index is 0.147. The van der Waals surface area contributed by atoms with E-state index in [4.69, 9.17) is 0 Å². The van der Waals surface area contributed by atoms with Gasteiger partial charge >= 0.3 is 0 Å². The molecule has 0 unspecified atom stereocenters. The van der Waals surface area contributed by atoms with Crippen molar-refractivity contribution in [1.82, 2.24) is 34.1 Å². The molecule has 0 aromatic carbocycles. The van der Waals surface area contributed by atoms with Crippen LogP contribution in [-0.4, -0.2) is 60.9 Å². The van der Waals surface area contributed by atoms with Crippen LogP contribution in [0.15, 0.2) is 42.3 Å². The van der Waals surface area contributed by atoms with Gasteiger partial charge < -0.3 is 14.8 Å². The van der Waals surface area contributed by atoms with Crippen molar-refractivity contribution in [2.24, 2.45) is 0 Å². The van der Waals surface area contributed by atoms with E-state index in [1.165, 1.54) is 12.8 Å². The topological polar surface area (TPSA) is 80.3 Å². The predicted octanol–water partition coefficient (Wildman–Crippen LogP) is 2.84. The summed E-state index contributed by atoms with van der Waals surface area (Å²) in [6, 6.07) is 5.77. The smallest absolute Gasteiger partial charge is 0.272 e. The number of carbonyl (C=O) groups is 1. The van der Waals surface area contributed by atoms with Crippen LogP contribution in [0.5, 0.6) is 0 Å². The number of nitrogens with one attached hydrogen (secondary N) is 1. The molecule has 1 amide bonds. The number of nitrogens with zero attached hydrogens (tertiary/aromatic N) is 6. The van der Waals surface area contributed by atoms with Gasteiger partial charge in [-0.1, -0.05) is 6.07 Å². The molecule has 5 heterocycles. The molecule has 4 aromatic heterocycles. The third-order valence-electron chi connectivity index (χ3n) is 5.55. The number of pyridine rings is 1. The van der Waals surface area contributed by atoms with Crippen LogP contribution in [-0.2, 0) is 6.54 Å². The fraction of sp³-hybridized carbons (Fsp3) is 0.364. The second kappa shape index (κ2) is 8.60. The monoisotopic (exact) mass is 435 g/mol. The summed E-state index contributed by atoms with van der Waals surface area (Å²) < 4.78 is 3.92. The summed E-state index contributed by atoms with van der Waals surface area (Å²) in [5.41, 5.74) is 2.95. The van der Waals surface area contributed by atoms with E-state index < -0.39 is 0 Å². The number of carbonyl (C=O) groups excluding carboxylic acids is 1. The summed E-state index contributed by atoms with van der Waals surface area (Å²) in [4.78, 5) is 29.0. The van der Waals surface area contributed by atoms with E-state index in [0.717, 1.165) is 41.5 Å². The summed E-state index contributed by atoms with van der Waals surface area (Å²) >= 11 is 1.64. The van der Waals surface area contributed by atoms with Gasteiger partial charge in [0.25, 0.3) is 5.91 Å². The molecule has 1 fully saturated rings. The van der Waals surface area contributed by atoms with E-state index in [9.17, 15) is 4.79 Å². The average molecular weight is 436 g/mol. The molecule has 0 saturated carbocycles. The van der Waals surface area contributed by atoms with Crippen LogP contribution in [0, 0.1) is 6.92 Å². The fourth-order valence-electron chi connectivity index (χ4n) is 4.03. The van der Waals surface area contributed by atoms with Gasteiger partial charge in [-0.25, -0.2) is 15.0 Å². The normalized spacial score (nSPS) is 14.5. The molecule has 1 aliphatic heterocycles. The third-order valence-corrected chi connectivity index (χ3v) is 6.37. The first-order valence-electron chi connectivity index (χ1n) is 10.6. The SMILES string of the molecule is Cc1nc(Cn2cnc(-c3nc(C(=O)NCCN4CCCC4)c4ccccn34)c2)cs1. The van der Waals surface area contributed by atoms with E-state index >= 15 is 0 Å². The Labute approximate surface area is 184 Å². The molecular weight excluding hydrogens is 410 g/mol. The fourth-order valence-corrected chi connectivity index (χ4v) is 4.64. The summed E-state index contributed by atoms with van der Waals surface area (Å²) in [6.07, 6.45) is 8.15. The average Bonchev–Trinajstić information content (AvgIpc) is 3.55. The van der Waals surface area contributed by atoms with E-state index in [1.54, 1.807) is 17.7 Å². The van der Waals surface area contributed by atoms with Gasteiger partial charge in [0, 0.05) is 30.9 Å². The molecule has 0 radical (unpaired) electrons. The van der Waals surface area contributed by atoms with Crippen LogP contribution < -0.4 is 5.32 Å². The van der Waals surface area contributed by atoms with Gasteiger partial charge in [-0.2, -0.15) is 0 Å². The Morgan fingerprint density at radius 2 is 2.10 bits per heavy atom. The molecule has 1 saturated heterocycles. The van der Waals surface area contributed by atoms with Crippen molar-refractivity contribution in [2.75, 3.05) is 26.2 Å². The van der Waals surface area contributed by atoms with Gasteiger partial charge in [0.05, 0.1) is 29.1 Å². The number of hydrogen-bond acceptors (Lipinski definition) is 6. The van der Waals surface area contributed by atoms with Gasteiger partial charge in [0.2, 0.25) is 0 Å². The van der Waals surface area contributed by atoms with E-state index in [1.807, 2.05) is 46.5 Å². The molecule has 4 aromatic rings. The molecule has 0 spiro atoms. The largest absolute Gasteiger partial charge is 0.349 e. The summed E-state index contributed by atoms with van der Waals surface area (Å²) in [6.45, 7) is 6.41. The maximum Gasteiger partial charge on any atom is 0.272 e. The highest BCUT2D eigenvalue weighted by atomic mass is 32.1. The number of rotatable bonds is 7. The zero-order valence-electron chi connectivity index (χ0n) is 17.5.